The summed E-state index contributed by atoms with van der Waals surface area (Å²) >= 11 is 3.48. The summed E-state index contributed by atoms with van der Waals surface area (Å²) in [7, 11) is 0. The maximum absolute atomic E-state index is 5.97. The number of hydrogen-bond acceptors (Lipinski definition) is 5. The monoisotopic (exact) mass is 413 g/mol. The van der Waals surface area contributed by atoms with Crippen LogP contribution < -0.4 is 0 Å². The number of nitrogens with zero attached hydrogens (tertiary/aromatic N) is 3. The molecule has 1 fully saturated rings. The van der Waals surface area contributed by atoms with E-state index in [2.05, 4.69) is 50.1 Å². The molecule has 1 aliphatic rings. The zero-order valence-electron chi connectivity index (χ0n) is 14.5. The van der Waals surface area contributed by atoms with Crippen molar-refractivity contribution in [3.8, 4) is 11.5 Å². The highest BCUT2D eigenvalue weighted by Gasteiger charge is 2.28. The van der Waals surface area contributed by atoms with Crippen LogP contribution in [0.1, 0.15) is 30.5 Å². The molecule has 2 unspecified atom stereocenters. The van der Waals surface area contributed by atoms with Crippen LogP contribution in [0.25, 0.3) is 11.5 Å². The molecule has 0 bridgehead atoms. The average molecular weight is 414 g/mol. The SMILES string of the molecule is CC(c1nnc(-c2ccccc2)o1)N1CCOC(c2ccc(Br)cc2)C1. The van der Waals surface area contributed by atoms with Gasteiger partial charge in [-0.3, -0.25) is 4.90 Å². The Hall–Kier alpha value is -2.02. The molecule has 0 aliphatic carbocycles. The van der Waals surface area contributed by atoms with Gasteiger partial charge in [-0.25, -0.2) is 0 Å². The van der Waals surface area contributed by atoms with Crippen LogP contribution in [0.2, 0.25) is 0 Å². The lowest BCUT2D eigenvalue weighted by Gasteiger charge is -2.35. The van der Waals surface area contributed by atoms with Gasteiger partial charge in [0.2, 0.25) is 11.8 Å². The topological polar surface area (TPSA) is 51.4 Å². The predicted octanol–water partition coefficient (Wildman–Crippen LogP) is 4.63. The predicted molar refractivity (Wildman–Crippen MR) is 103 cm³/mol. The molecule has 0 saturated carbocycles. The van der Waals surface area contributed by atoms with Crippen LogP contribution in [0.5, 0.6) is 0 Å². The first-order valence-electron chi connectivity index (χ1n) is 8.70. The maximum atomic E-state index is 5.97. The van der Waals surface area contributed by atoms with E-state index in [4.69, 9.17) is 9.15 Å². The number of halogens is 1. The minimum Gasteiger partial charge on any atom is -0.419 e. The van der Waals surface area contributed by atoms with E-state index in [0.717, 1.165) is 23.1 Å². The fraction of sp³-hybridized carbons (Fsp3) is 0.300. The number of morpholine rings is 1. The zero-order chi connectivity index (χ0) is 17.9. The van der Waals surface area contributed by atoms with Crippen LogP contribution in [-0.4, -0.2) is 34.8 Å². The van der Waals surface area contributed by atoms with Gasteiger partial charge in [-0.05, 0) is 36.8 Å². The van der Waals surface area contributed by atoms with Gasteiger partial charge in [0.15, 0.2) is 0 Å². The third kappa shape index (κ3) is 3.72. The Labute approximate surface area is 161 Å². The summed E-state index contributed by atoms with van der Waals surface area (Å²) < 4.78 is 13.0. The fourth-order valence-corrected chi connectivity index (χ4v) is 3.42. The molecule has 1 aromatic heterocycles. The first kappa shape index (κ1) is 17.4. The molecule has 2 atom stereocenters. The van der Waals surface area contributed by atoms with E-state index in [1.165, 1.54) is 5.56 Å². The van der Waals surface area contributed by atoms with E-state index in [9.17, 15) is 0 Å². The van der Waals surface area contributed by atoms with Crippen LogP contribution in [0.3, 0.4) is 0 Å². The van der Waals surface area contributed by atoms with Crippen LogP contribution in [0, 0.1) is 0 Å². The number of aromatic nitrogens is 2. The minimum absolute atomic E-state index is 0.0433. The smallest absolute Gasteiger partial charge is 0.247 e. The van der Waals surface area contributed by atoms with E-state index in [1.54, 1.807) is 0 Å². The summed E-state index contributed by atoms with van der Waals surface area (Å²) in [6.45, 7) is 4.43. The Morgan fingerprint density at radius 3 is 2.62 bits per heavy atom. The summed E-state index contributed by atoms with van der Waals surface area (Å²) in [4.78, 5) is 2.33. The van der Waals surface area contributed by atoms with Gasteiger partial charge < -0.3 is 9.15 Å². The molecule has 2 aromatic carbocycles. The molecule has 1 saturated heterocycles. The summed E-state index contributed by atoms with van der Waals surface area (Å²) in [6.07, 6.45) is 0.0517. The van der Waals surface area contributed by atoms with E-state index in [-0.39, 0.29) is 12.1 Å². The second-order valence-electron chi connectivity index (χ2n) is 6.39. The second kappa shape index (κ2) is 7.70. The van der Waals surface area contributed by atoms with E-state index >= 15 is 0 Å². The molecule has 6 heteroatoms. The summed E-state index contributed by atoms with van der Waals surface area (Å²) in [5, 5.41) is 8.48. The van der Waals surface area contributed by atoms with Crippen molar-refractivity contribution in [1.82, 2.24) is 15.1 Å². The summed E-state index contributed by atoms with van der Waals surface area (Å²) in [5.74, 6) is 1.20. The molecule has 5 nitrogen and oxygen atoms in total. The van der Waals surface area contributed by atoms with Gasteiger partial charge in [-0.15, -0.1) is 10.2 Å². The highest BCUT2D eigenvalue weighted by molar-refractivity contribution is 9.10. The minimum atomic E-state index is 0.0433. The van der Waals surface area contributed by atoms with Crippen molar-refractivity contribution in [2.24, 2.45) is 0 Å². The molecule has 0 amide bonds. The van der Waals surface area contributed by atoms with E-state index in [0.29, 0.717) is 18.4 Å². The Balaban J connectivity index is 1.48. The first-order valence-corrected chi connectivity index (χ1v) is 9.50. The zero-order valence-corrected chi connectivity index (χ0v) is 16.1. The Kier molecular flexibility index (Phi) is 5.15. The average Bonchev–Trinajstić information content (AvgIpc) is 3.19. The Morgan fingerprint density at radius 1 is 1.08 bits per heavy atom. The van der Waals surface area contributed by atoms with Crippen molar-refractivity contribution in [3.63, 3.8) is 0 Å². The summed E-state index contributed by atoms with van der Waals surface area (Å²) in [5.41, 5.74) is 2.12. The quantitative estimate of drug-likeness (QED) is 0.623. The Bertz CT molecular complexity index is 851. The van der Waals surface area contributed by atoms with Crippen LogP contribution in [-0.2, 0) is 4.74 Å². The lowest BCUT2D eigenvalue weighted by Crippen LogP contribution is -2.40. The molecule has 2 heterocycles. The van der Waals surface area contributed by atoms with Gasteiger partial charge >= 0.3 is 0 Å². The first-order chi connectivity index (χ1) is 12.7. The summed E-state index contributed by atoms with van der Waals surface area (Å²) in [6, 6.07) is 18.2. The number of rotatable bonds is 4. The van der Waals surface area contributed by atoms with E-state index in [1.807, 2.05) is 42.5 Å². The Morgan fingerprint density at radius 2 is 1.85 bits per heavy atom. The number of ether oxygens (including phenoxy) is 1. The molecule has 134 valence electrons. The van der Waals surface area contributed by atoms with Crippen LogP contribution in [0.4, 0.5) is 0 Å². The molecule has 0 N–H and O–H groups in total. The molecule has 26 heavy (non-hydrogen) atoms. The van der Waals surface area contributed by atoms with Crippen molar-refractivity contribution in [1.29, 1.82) is 0 Å². The van der Waals surface area contributed by atoms with E-state index < -0.39 is 0 Å². The van der Waals surface area contributed by atoms with Gasteiger partial charge in [-0.1, -0.05) is 46.3 Å². The molecule has 0 spiro atoms. The van der Waals surface area contributed by atoms with Gasteiger partial charge in [0.05, 0.1) is 18.8 Å². The lowest BCUT2D eigenvalue weighted by atomic mass is 10.1. The number of hydrogen-bond donors (Lipinski definition) is 0. The van der Waals surface area contributed by atoms with Crippen molar-refractivity contribution in [2.75, 3.05) is 19.7 Å². The molecular formula is C20H20BrN3O2. The van der Waals surface area contributed by atoms with Crippen LogP contribution >= 0.6 is 15.9 Å². The molecule has 1 aliphatic heterocycles. The molecule has 4 rings (SSSR count). The van der Waals surface area contributed by atoms with Gasteiger partial charge in [0.25, 0.3) is 0 Å². The second-order valence-corrected chi connectivity index (χ2v) is 7.31. The highest BCUT2D eigenvalue weighted by atomic mass is 79.9. The third-order valence-corrected chi connectivity index (χ3v) is 5.23. The van der Waals surface area contributed by atoms with Crippen molar-refractivity contribution in [3.05, 3.63) is 70.5 Å². The molecular weight excluding hydrogens is 394 g/mol. The van der Waals surface area contributed by atoms with Crippen molar-refractivity contribution >= 4 is 15.9 Å². The van der Waals surface area contributed by atoms with Crippen LogP contribution in [0.15, 0.2) is 63.5 Å². The normalized spacial score (nSPS) is 19.4. The van der Waals surface area contributed by atoms with Gasteiger partial charge in [0, 0.05) is 23.1 Å². The highest BCUT2D eigenvalue weighted by Crippen LogP contribution is 2.30. The standard InChI is InChI=1S/C20H20BrN3O2/c1-14(19-22-23-20(26-19)16-5-3-2-4-6-16)24-11-12-25-18(13-24)15-7-9-17(21)10-8-15/h2-10,14,18H,11-13H2,1H3. The van der Waals surface area contributed by atoms with Gasteiger partial charge in [0.1, 0.15) is 0 Å². The lowest BCUT2D eigenvalue weighted by molar-refractivity contribution is -0.0463. The number of benzene rings is 2. The third-order valence-electron chi connectivity index (χ3n) is 4.71. The fourth-order valence-electron chi connectivity index (χ4n) is 3.16. The van der Waals surface area contributed by atoms with Gasteiger partial charge in [-0.2, -0.15) is 0 Å². The maximum Gasteiger partial charge on any atom is 0.247 e. The van der Waals surface area contributed by atoms with Crippen molar-refractivity contribution in [2.45, 2.75) is 19.1 Å². The van der Waals surface area contributed by atoms with Crippen molar-refractivity contribution < 1.29 is 9.15 Å². The molecule has 0 radical (unpaired) electrons. The largest absolute Gasteiger partial charge is 0.419 e. The molecule has 3 aromatic rings.